The number of hydrogen-bond acceptors (Lipinski definition) is 3. The highest BCUT2D eigenvalue weighted by Gasteiger charge is 2.37. The molecule has 0 atom stereocenters. The number of nitrogens with zero attached hydrogens (tertiary/aromatic N) is 3. The van der Waals surface area contributed by atoms with Gasteiger partial charge in [0.25, 0.3) is 0 Å². The zero-order chi connectivity index (χ0) is 11.7. The van der Waals surface area contributed by atoms with Gasteiger partial charge in [-0.3, -0.25) is 0 Å². The largest absolute Gasteiger partial charge is 0.356 e. The molecule has 0 radical (unpaired) electrons. The van der Waals surface area contributed by atoms with E-state index in [1.54, 1.807) is 6.33 Å². The van der Waals surface area contributed by atoms with Crippen LogP contribution in [0.3, 0.4) is 0 Å². The van der Waals surface area contributed by atoms with Crippen LogP contribution in [0.2, 0.25) is 0 Å². The first-order chi connectivity index (χ1) is 8.27. The lowest BCUT2D eigenvalue weighted by atomic mass is 9.77. The third-order valence-corrected chi connectivity index (χ3v) is 4.60. The molecule has 1 aliphatic carbocycles. The Morgan fingerprint density at radius 3 is 2.41 bits per heavy atom. The molecule has 3 nitrogen and oxygen atoms in total. The summed E-state index contributed by atoms with van der Waals surface area (Å²) in [4.78, 5) is 11.0. The van der Waals surface area contributed by atoms with Crippen molar-refractivity contribution in [3.63, 3.8) is 0 Å². The van der Waals surface area contributed by atoms with E-state index in [1.165, 1.54) is 51.6 Å². The van der Waals surface area contributed by atoms with E-state index in [1.807, 2.05) is 6.92 Å². The molecule has 0 unspecified atom stereocenters. The third kappa shape index (κ3) is 2.15. The Morgan fingerprint density at radius 1 is 1.06 bits per heavy atom. The van der Waals surface area contributed by atoms with Gasteiger partial charge in [-0.05, 0) is 38.0 Å². The molecule has 1 saturated carbocycles. The standard InChI is InChI=1S/C14H21N3/c1-12-10-13(16-11-15-12)17-8-6-14(7-9-17)4-2-3-5-14/h10-11H,2-9H2,1H3. The van der Waals surface area contributed by atoms with Gasteiger partial charge in [-0.1, -0.05) is 12.8 Å². The fourth-order valence-corrected chi connectivity index (χ4v) is 3.45. The molecule has 0 N–H and O–H groups in total. The lowest BCUT2D eigenvalue weighted by Gasteiger charge is -2.39. The van der Waals surface area contributed by atoms with Gasteiger partial charge in [0.2, 0.25) is 0 Å². The fourth-order valence-electron chi connectivity index (χ4n) is 3.45. The van der Waals surface area contributed by atoms with E-state index in [4.69, 9.17) is 0 Å². The predicted molar refractivity (Wildman–Crippen MR) is 69.1 cm³/mol. The van der Waals surface area contributed by atoms with Crippen LogP contribution in [-0.4, -0.2) is 23.1 Å². The van der Waals surface area contributed by atoms with Crippen LogP contribution in [0, 0.1) is 12.3 Å². The minimum atomic E-state index is 0.693. The van der Waals surface area contributed by atoms with Gasteiger partial charge in [0.05, 0.1) is 0 Å². The van der Waals surface area contributed by atoms with E-state index in [9.17, 15) is 0 Å². The van der Waals surface area contributed by atoms with Crippen molar-refractivity contribution in [2.24, 2.45) is 5.41 Å². The van der Waals surface area contributed by atoms with Crippen LogP contribution in [-0.2, 0) is 0 Å². The zero-order valence-corrected chi connectivity index (χ0v) is 10.7. The number of hydrogen-bond donors (Lipinski definition) is 0. The van der Waals surface area contributed by atoms with Gasteiger partial charge < -0.3 is 4.90 Å². The van der Waals surface area contributed by atoms with Crippen LogP contribution in [0.1, 0.15) is 44.2 Å². The molecule has 1 aliphatic heterocycles. The summed E-state index contributed by atoms with van der Waals surface area (Å²) in [6.07, 6.45) is 10.2. The maximum Gasteiger partial charge on any atom is 0.132 e. The summed E-state index contributed by atoms with van der Waals surface area (Å²) >= 11 is 0. The van der Waals surface area contributed by atoms with Crippen molar-refractivity contribution < 1.29 is 0 Å². The summed E-state index contributed by atoms with van der Waals surface area (Å²) in [5, 5.41) is 0. The molecule has 1 aromatic rings. The van der Waals surface area contributed by atoms with Crippen molar-refractivity contribution in [2.45, 2.75) is 45.4 Å². The SMILES string of the molecule is Cc1cc(N2CCC3(CCCC3)CC2)ncn1. The van der Waals surface area contributed by atoms with Crippen molar-refractivity contribution in [1.29, 1.82) is 0 Å². The number of rotatable bonds is 1. The Bertz CT molecular complexity index is 386. The van der Waals surface area contributed by atoms with Gasteiger partial charge in [-0.15, -0.1) is 0 Å². The summed E-state index contributed by atoms with van der Waals surface area (Å²) in [5.41, 5.74) is 1.76. The average Bonchev–Trinajstić information content (AvgIpc) is 2.79. The topological polar surface area (TPSA) is 29.0 Å². The number of aromatic nitrogens is 2. The van der Waals surface area contributed by atoms with Crippen LogP contribution < -0.4 is 4.90 Å². The maximum absolute atomic E-state index is 4.39. The summed E-state index contributed by atoms with van der Waals surface area (Å²) < 4.78 is 0. The van der Waals surface area contributed by atoms with Crippen LogP contribution in [0.15, 0.2) is 12.4 Å². The van der Waals surface area contributed by atoms with E-state index >= 15 is 0 Å². The average molecular weight is 231 g/mol. The molecule has 2 aliphatic rings. The minimum absolute atomic E-state index is 0.693. The summed E-state index contributed by atoms with van der Waals surface area (Å²) in [6.45, 7) is 4.39. The first-order valence-electron chi connectivity index (χ1n) is 6.81. The minimum Gasteiger partial charge on any atom is -0.356 e. The molecule has 92 valence electrons. The first-order valence-corrected chi connectivity index (χ1v) is 6.81. The third-order valence-electron chi connectivity index (χ3n) is 4.60. The summed E-state index contributed by atoms with van der Waals surface area (Å²) in [6, 6.07) is 2.10. The van der Waals surface area contributed by atoms with Crippen molar-refractivity contribution in [1.82, 2.24) is 9.97 Å². The number of anilines is 1. The maximum atomic E-state index is 4.39. The highest BCUT2D eigenvalue weighted by atomic mass is 15.2. The molecule has 1 spiro atoms. The predicted octanol–water partition coefficient (Wildman–Crippen LogP) is 2.95. The lowest BCUT2D eigenvalue weighted by Crippen LogP contribution is -2.39. The second-order valence-corrected chi connectivity index (χ2v) is 5.71. The quantitative estimate of drug-likeness (QED) is 0.744. The summed E-state index contributed by atoms with van der Waals surface area (Å²) in [7, 11) is 0. The molecule has 1 saturated heterocycles. The second-order valence-electron chi connectivity index (χ2n) is 5.71. The monoisotopic (exact) mass is 231 g/mol. The molecule has 3 heteroatoms. The smallest absolute Gasteiger partial charge is 0.132 e. The van der Waals surface area contributed by atoms with Crippen LogP contribution in [0.25, 0.3) is 0 Å². The van der Waals surface area contributed by atoms with Gasteiger partial charge in [-0.25, -0.2) is 9.97 Å². The molecule has 0 bridgehead atoms. The molecule has 17 heavy (non-hydrogen) atoms. The Morgan fingerprint density at radius 2 is 1.76 bits per heavy atom. The fraction of sp³-hybridized carbons (Fsp3) is 0.714. The Balaban J connectivity index is 1.68. The Hall–Kier alpha value is -1.12. The van der Waals surface area contributed by atoms with E-state index < -0.39 is 0 Å². The van der Waals surface area contributed by atoms with E-state index in [-0.39, 0.29) is 0 Å². The van der Waals surface area contributed by atoms with Gasteiger partial charge in [0.1, 0.15) is 12.1 Å². The molecule has 0 amide bonds. The van der Waals surface area contributed by atoms with E-state index in [0.717, 1.165) is 11.5 Å². The lowest BCUT2D eigenvalue weighted by molar-refractivity contribution is 0.226. The van der Waals surface area contributed by atoms with E-state index in [0.29, 0.717) is 5.41 Å². The Kier molecular flexibility index (Phi) is 2.77. The van der Waals surface area contributed by atoms with Crippen molar-refractivity contribution in [2.75, 3.05) is 18.0 Å². The normalized spacial score (nSPS) is 23.2. The number of piperidine rings is 1. The van der Waals surface area contributed by atoms with Crippen molar-refractivity contribution in [3.05, 3.63) is 18.1 Å². The van der Waals surface area contributed by atoms with Crippen LogP contribution >= 0.6 is 0 Å². The van der Waals surface area contributed by atoms with Crippen LogP contribution in [0.4, 0.5) is 5.82 Å². The van der Waals surface area contributed by atoms with Crippen LogP contribution in [0.5, 0.6) is 0 Å². The van der Waals surface area contributed by atoms with Gasteiger partial charge >= 0.3 is 0 Å². The number of aryl methyl sites for hydroxylation is 1. The molecule has 2 fully saturated rings. The van der Waals surface area contributed by atoms with Crippen molar-refractivity contribution in [3.8, 4) is 0 Å². The molecule has 0 aromatic carbocycles. The second kappa shape index (κ2) is 4.28. The first kappa shape index (κ1) is 11.0. The molecule has 1 aromatic heterocycles. The highest BCUT2D eigenvalue weighted by molar-refractivity contribution is 5.39. The highest BCUT2D eigenvalue weighted by Crippen LogP contribution is 2.46. The molecular weight excluding hydrogens is 210 g/mol. The van der Waals surface area contributed by atoms with Crippen molar-refractivity contribution >= 4 is 5.82 Å². The Labute approximate surface area is 103 Å². The summed E-state index contributed by atoms with van der Waals surface area (Å²) in [5.74, 6) is 1.12. The zero-order valence-electron chi connectivity index (χ0n) is 10.7. The molecule has 2 heterocycles. The van der Waals surface area contributed by atoms with Gasteiger partial charge in [0, 0.05) is 24.8 Å². The molecule has 3 rings (SSSR count). The van der Waals surface area contributed by atoms with Gasteiger partial charge in [-0.2, -0.15) is 0 Å². The van der Waals surface area contributed by atoms with E-state index in [2.05, 4.69) is 20.9 Å². The van der Waals surface area contributed by atoms with Gasteiger partial charge in [0.15, 0.2) is 0 Å². The molecular formula is C14H21N3.